The topological polar surface area (TPSA) is 18.5 Å². The van der Waals surface area contributed by atoms with Crippen LogP contribution in [0.3, 0.4) is 0 Å². The van der Waals surface area contributed by atoms with Crippen molar-refractivity contribution in [1.82, 2.24) is 15.1 Å². The number of rotatable bonds is 6. The zero-order chi connectivity index (χ0) is 12.0. The van der Waals surface area contributed by atoms with Crippen molar-refractivity contribution in [1.29, 1.82) is 0 Å². The van der Waals surface area contributed by atoms with E-state index in [0.29, 0.717) is 6.04 Å². The van der Waals surface area contributed by atoms with Gasteiger partial charge in [0.2, 0.25) is 0 Å². The molecule has 1 heterocycles. The van der Waals surface area contributed by atoms with Crippen LogP contribution in [0.1, 0.15) is 27.7 Å². The summed E-state index contributed by atoms with van der Waals surface area (Å²) in [7, 11) is 0. The highest BCUT2D eigenvalue weighted by Crippen LogP contribution is 2.07. The molecule has 1 N–H and O–H groups in total. The van der Waals surface area contributed by atoms with Crippen molar-refractivity contribution in [2.75, 3.05) is 45.8 Å². The van der Waals surface area contributed by atoms with Gasteiger partial charge in [0.15, 0.2) is 0 Å². The van der Waals surface area contributed by atoms with E-state index >= 15 is 0 Å². The molecule has 0 bridgehead atoms. The second-order valence-electron chi connectivity index (χ2n) is 5.14. The normalized spacial score (nSPS) is 21.6. The Kier molecular flexibility index (Phi) is 6.32. The Balaban J connectivity index is 2.30. The fourth-order valence-electron chi connectivity index (χ4n) is 2.34. The zero-order valence-corrected chi connectivity index (χ0v) is 11.5. The van der Waals surface area contributed by atoms with Gasteiger partial charge >= 0.3 is 0 Å². The molecule has 0 saturated carbocycles. The average molecular weight is 227 g/mol. The van der Waals surface area contributed by atoms with Crippen LogP contribution in [0.25, 0.3) is 0 Å². The van der Waals surface area contributed by atoms with E-state index in [1.54, 1.807) is 0 Å². The van der Waals surface area contributed by atoms with Crippen LogP contribution in [0.2, 0.25) is 0 Å². The largest absolute Gasteiger partial charge is 0.313 e. The van der Waals surface area contributed by atoms with Crippen LogP contribution in [-0.4, -0.2) is 61.7 Å². The van der Waals surface area contributed by atoms with E-state index in [-0.39, 0.29) is 0 Å². The van der Waals surface area contributed by atoms with Gasteiger partial charge in [0.1, 0.15) is 0 Å². The average Bonchev–Trinajstić information content (AvgIpc) is 2.29. The lowest BCUT2D eigenvalue weighted by Gasteiger charge is -2.37. The summed E-state index contributed by atoms with van der Waals surface area (Å²) in [5, 5.41) is 3.60. The summed E-state index contributed by atoms with van der Waals surface area (Å²) in [5.74, 6) is 0.726. The van der Waals surface area contributed by atoms with E-state index in [9.17, 15) is 0 Å². The molecule has 0 spiro atoms. The molecule has 3 nitrogen and oxygen atoms in total. The van der Waals surface area contributed by atoms with Crippen LogP contribution in [0.4, 0.5) is 0 Å². The summed E-state index contributed by atoms with van der Waals surface area (Å²) >= 11 is 0. The van der Waals surface area contributed by atoms with Gasteiger partial charge in [-0.25, -0.2) is 0 Å². The molecule has 96 valence electrons. The standard InChI is InChI=1S/C13H29N3/c1-5-14-13(12(3)4)11-16-9-7-15(6-2)8-10-16/h12-14H,5-11H2,1-4H3. The second kappa shape index (κ2) is 7.25. The summed E-state index contributed by atoms with van der Waals surface area (Å²) in [5.41, 5.74) is 0. The van der Waals surface area contributed by atoms with Gasteiger partial charge < -0.3 is 10.2 Å². The third-order valence-corrected chi connectivity index (χ3v) is 3.64. The molecule has 0 amide bonds. The number of hydrogen-bond acceptors (Lipinski definition) is 3. The number of nitrogens with one attached hydrogen (secondary N) is 1. The van der Waals surface area contributed by atoms with Gasteiger partial charge in [0, 0.05) is 38.8 Å². The van der Waals surface area contributed by atoms with Crippen molar-refractivity contribution < 1.29 is 0 Å². The predicted molar refractivity (Wildman–Crippen MR) is 70.9 cm³/mol. The van der Waals surface area contributed by atoms with Crippen molar-refractivity contribution in [3.8, 4) is 0 Å². The molecule has 1 rings (SSSR count). The maximum atomic E-state index is 3.60. The molecular formula is C13H29N3. The number of nitrogens with zero attached hydrogens (tertiary/aromatic N) is 2. The van der Waals surface area contributed by atoms with Gasteiger partial charge in [-0.1, -0.05) is 27.7 Å². The number of likely N-dealkylation sites (N-methyl/N-ethyl adjacent to an activating group) is 2. The molecule has 0 radical (unpaired) electrons. The first-order valence-electron chi connectivity index (χ1n) is 6.85. The highest BCUT2D eigenvalue weighted by Gasteiger charge is 2.20. The maximum Gasteiger partial charge on any atom is 0.0217 e. The lowest BCUT2D eigenvalue weighted by Crippen LogP contribution is -2.51. The third kappa shape index (κ3) is 4.40. The molecule has 1 unspecified atom stereocenters. The summed E-state index contributed by atoms with van der Waals surface area (Å²) < 4.78 is 0. The minimum absolute atomic E-state index is 0.651. The molecule has 0 aromatic carbocycles. The predicted octanol–water partition coefficient (Wildman–Crippen LogP) is 1.26. The lowest BCUT2D eigenvalue weighted by molar-refractivity contribution is 0.120. The third-order valence-electron chi connectivity index (χ3n) is 3.64. The second-order valence-corrected chi connectivity index (χ2v) is 5.14. The quantitative estimate of drug-likeness (QED) is 0.737. The van der Waals surface area contributed by atoms with Gasteiger partial charge in [-0.05, 0) is 19.0 Å². The summed E-state index contributed by atoms with van der Waals surface area (Å²) in [6, 6.07) is 0.651. The van der Waals surface area contributed by atoms with Crippen LogP contribution in [0, 0.1) is 5.92 Å². The Morgan fingerprint density at radius 1 is 1.00 bits per heavy atom. The van der Waals surface area contributed by atoms with Crippen molar-refractivity contribution in [3.05, 3.63) is 0 Å². The highest BCUT2D eigenvalue weighted by molar-refractivity contribution is 4.78. The van der Waals surface area contributed by atoms with Crippen LogP contribution >= 0.6 is 0 Å². The SMILES string of the molecule is CCNC(CN1CCN(CC)CC1)C(C)C. The van der Waals surface area contributed by atoms with Crippen molar-refractivity contribution >= 4 is 0 Å². The Bertz CT molecular complexity index is 174. The van der Waals surface area contributed by atoms with Gasteiger partial charge in [0.25, 0.3) is 0 Å². The molecule has 0 aromatic heterocycles. The van der Waals surface area contributed by atoms with Crippen molar-refractivity contribution in [3.63, 3.8) is 0 Å². The van der Waals surface area contributed by atoms with E-state index in [1.807, 2.05) is 0 Å². The molecule has 1 fully saturated rings. The molecule has 1 saturated heterocycles. The van der Waals surface area contributed by atoms with Gasteiger partial charge in [-0.2, -0.15) is 0 Å². The van der Waals surface area contributed by atoms with Crippen LogP contribution < -0.4 is 5.32 Å². The minimum atomic E-state index is 0.651. The summed E-state index contributed by atoms with van der Waals surface area (Å²) in [6.07, 6.45) is 0. The smallest absolute Gasteiger partial charge is 0.0217 e. The molecule has 1 aliphatic rings. The first-order valence-corrected chi connectivity index (χ1v) is 6.85. The number of hydrogen-bond donors (Lipinski definition) is 1. The first kappa shape index (κ1) is 13.9. The fourth-order valence-corrected chi connectivity index (χ4v) is 2.34. The van der Waals surface area contributed by atoms with E-state index < -0.39 is 0 Å². The molecule has 0 aliphatic carbocycles. The van der Waals surface area contributed by atoms with Gasteiger partial charge in [-0.3, -0.25) is 4.90 Å². The van der Waals surface area contributed by atoms with Crippen LogP contribution in [-0.2, 0) is 0 Å². The maximum absolute atomic E-state index is 3.60. The van der Waals surface area contributed by atoms with Crippen molar-refractivity contribution in [2.45, 2.75) is 33.7 Å². The molecule has 0 aromatic rings. The summed E-state index contributed by atoms with van der Waals surface area (Å²) in [6.45, 7) is 17.5. The molecule has 16 heavy (non-hydrogen) atoms. The van der Waals surface area contributed by atoms with Crippen LogP contribution in [0.15, 0.2) is 0 Å². The highest BCUT2D eigenvalue weighted by atomic mass is 15.3. The molecular weight excluding hydrogens is 198 g/mol. The van der Waals surface area contributed by atoms with Crippen molar-refractivity contribution in [2.24, 2.45) is 5.92 Å². The first-order chi connectivity index (χ1) is 7.67. The van der Waals surface area contributed by atoms with Crippen LogP contribution in [0.5, 0.6) is 0 Å². The Morgan fingerprint density at radius 2 is 1.56 bits per heavy atom. The Morgan fingerprint density at radius 3 is 2.00 bits per heavy atom. The minimum Gasteiger partial charge on any atom is -0.313 e. The van der Waals surface area contributed by atoms with E-state index in [2.05, 4.69) is 42.8 Å². The van der Waals surface area contributed by atoms with E-state index in [4.69, 9.17) is 0 Å². The van der Waals surface area contributed by atoms with Gasteiger partial charge in [-0.15, -0.1) is 0 Å². The Labute approximate surface area is 101 Å². The summed E-state index contributed by atoms with van der Waals surface area (Å²) in [4.78, 5) is 5.15. The zero-order valence-electron chi connectivity index (χ0n) is 11.5. The Hall–Kier alpha value is -0.120. The van der Waals surface area contributed by atoms with E-state index in [0.717, 1.165) is 12.5 Å². The van der Waals surface area contributed by atoms with E-state index in [1.165, 1.54) is 39.3 Å². The molecule has 1 atom stereocenters. The monoisotopic (exact) mass is 227 g/mol. The number of piperazine rings is 1. The molecule has 1 aliphatic heterocycles. The lowest BCUT2D eigenvalue weighted by atomic mass is 10.0. The van der Waals surface area contributed by atoms with Gasteiger partial charge in [0.05, 0.1) is 0 Å². The molecule has 3 heteroatoms. The fraction of sp³-hybridized carbons (Fsp3) is 1.00.